The van der Waals surface area contributed by atoms with Crippen molar-refractivity contribution < 1.29 is 54.5 Å². The van der Waals surface area contributed by atoms with Gasteiger partial charge in [-0.25, -0.2) is 0 Å². The Balaban J connectivity index is 6.39. The van der Waals surface area contributed by atoms with Gasteiger partial charge in [-0.1, -0.05) is 25.7 Å². The zero-order valence-corrected chi connectivity index (χ0v) is 36.3. The lowest BCUT2D eigenvalue weighted by Crippen LogP contribution is -2.24. The maximum Gasteiger partial charge on any atom is 0.346 e. The van der Waals surface area contributed by atoms with E-state index in [0.29, 0.717) is 25.7 Å². The van der Waals surface area contributed by atoms with Gasteiger partial charge in [-0.05, 0) is 124 Å². The topological polar surface area (TPSA) is 142 Å². The summed E-state index contributed by atoms with van der Waals surface area (Å²) in [5, 5.41) is -2.30. The van der Waals surface area contributed by atoms with E-state index >= 15 is 0 Å². The van der Waals surface area contributed by atoms with E-state index in [1.165, 1.54) is 0 Å². The first-order valence-corrected chi connectivity index (χ1v) is 24.1. The van der Waals surface area contributed by atoms with E-state index in [0.717, 1.165) is 0 Å². The highest BCUT2D eigenvalue weighted by atomic mass is 31.2. The van der Waals surface area contributed by atoms with Crippen molar-refractivity contribution in [2.24, 2.45) is 0 Å². The van der Waals surface area contributed by atoms with Crippen molar-refractivity contribution in [3.63, 3.8) is 0 Å². The van der Waals surface area contributed by atoms with Gasteiger partial charge in [0.15, 0.2) is 10.8 Å². The molecule has 0 atom stereocenters. The van der Waals surface area contributed by atoms with Gasteiger partial charge in [0.1, 0.15) is 0 Å². The molecule has 290 valence electrons. The van der Waals surface area contributed by atoms with Crippen LogP contribution in [0.3, 0.4) is 0 Å². The van der Waals surface area contributed by atoms with Crippen LogP contribution in [-0.4, -0.2) is 59.6 Å². The lowest BCUT2D eigenvalue weighted by molar-refractivity contribution is 0.118. The summed E-state index contributed by atoms with van der Waals surface area (Å²) < 4.78 is 105. The second-order valence-corrected chi connectivity index (χ2v) is 23.7. The smallest absolute Gasteiger partial charge is 0.305 e. The molecule has 0 radical (unpaired) electrons. The summed E-state index contributed by atoms with van der Waals surface area (Å²) in [7, 11) is -16.0. The normalized spacial score (nSPS) is 14.3. The second kappa shape index (κ2) is 22.0. The molecule has 0 aromatic rings. The molecule has 16 heteroatoms. The Morgan fingerprint density at radius 1 is 0.292 bits per heavy atom. The molecule has 0 amide bonds. The molecule has 48 heavy (non-hydrogen) atoms. The van der Waals surface area contributed by atoms with Crippen LogP contribution in [0.4, 0.5) is 0 Å². The van der Waals surface area contributed by atoms with Crippen LogP contribution in [0.5, 0.6) is 0 Å². The Morgan fingerprint density at radius 2 is 0.438 bits per heavy atom. The summed E-state index contributed by atoms with van der Waals surface area (Å²) in [6.45, 7) is 27.9. The molecule has 12 nitrogen and oxygen atoms in total. The average molecular weight is 771 g/mol. The quantitative estimate of drug-likeness (QED) is 0.0579. The Morgan fingerprint density at radius 3 is 0.562 bits per heavy atom. The molecule has 0 saturated carbocycles. The van der Waals surface area contributed by atoms with Gasteiger partial charge in [0.05, 0.1) is 48.8 Å². The molecular formula is C32H70O12P4. The molecule has 0 spiro atoms. The van der Waals surface area contributed by atoms with Gasteiger partial charge in [0, 0.05) is 0 Å². The fraction of sp³-hybridized carbons (Fsp3) is 1.00. The predicted molar refractivity (Wildman–Crippen MR) is 195 cm³/mol. The Hall–Kier alpha value is 0.600. The Bertz CT molecular complexity index is 875. The Labute approximate surface area is 293 Å². The molecular weight excluding hydrogens is 700 g/mol. The van der Waals surface area contributed by atoms with Gasteiger partial charge in [-0.2, -0.15) is 0 Å². The molecule has 0 saturated heterocycles. The van der Waals surface area contributed by atoms with E-state index in [-0.39, 0.29) is 12.8 Å². The molecule has 0 aliphatic rings. The fourth-order valence-electron chi connectivity index (χ4n) is 5.00. The first-order valence-electron chi connectivity index (χ1n) is 17.7. The fourth-order valence-corrected chi connectivity index (χ4v) is 17.1. The van der Waals surface area contributed by atoms with E-state index in [4.69, 9.17) is 36.2 Å². The molecule has 0 bridgehead atoms. The number of rotatable bonds is 27. The minimum Gasteiger partial charge on any atom is -0.305 e. The minimum atomic E-state index is -4.00. The van der Waals surface area contributed by atoms with Crippen LogP contribution in [-0.2, 0) is 54.5 Å². The first kappa shape index (κ1) is 48.6. The van der Waals surface area contributed by atoms with Crippen LogP contribution < -0.4 is 0 Å². The van der Waals surface area contributed by atoms with Crippen molar-refractivity contribution in [2.75, 3.05) is 0 Å². The summed E-state index contributed by atoms with van der Waals surface area (Å²) in [6, 6.07) is 0. The number of unbranched alkanes of at least 4 members (excludes halogenated alkanes) is 3. The molecule has 0 N–H and O–H groups in total. The van der Waals surface area contributed by atoms with Crippen LogP contribution in [0.15, 0.2) is 0 Å². The van der Waals surface area contributed by atoms with Crippen molar-refractivity contribution in [2.45, 2.75) is 209 Å². The SMILES string of the molecule is CC(C)OP(=O)(OC(C)C)C(CCCCCCC(P(=O)(OC(C)C)OC(C)C)P(=O)(OC(C)C)OC(C)C)P(=O)(OC(C)C)OC(C)C. The van der Waals surface area contributed by atoms with Gasteiger partial charge >= 0.3 is 30.4 Å². The molecule has 0 aliphatic heterocycles. The molecule has 0 unspecified atom stereocenters. The summed E-state index contributed by atoms with van der Waals surface area (Å²) in [5.74, 6) is 0. The van der Waals surface area contributed by atoms with E-state index in [1.54, 1.807) is 111 Å². The maximum atomic E-state index is 14.4. The molecule has 0 aromatic heterocycles. The first-order chi connectivity index (χ1) is 21.8. The Kier molecular flexibility index (Phi) is 22.2. The number of hydrogen-bond donors (Lipinski definition) is 0. The largest absolute Gasteiger partial charge is 0.346 e. The third kappa shape index (κ3) is 17.9. The van der Waals surface area contributed by atoms with Gasteiger partial charge in [0.25, 0.3) is 0 Å². The summed E-state index contributed by atoms with van der Waals surface area (Å²) >= 11 is 0. The molecule has 0 aliphatic carbocycles. The monoisotopic (exact) mass is 770 g/mol. The van der Waals surface area contributed by atoms with E-state index in [2.05, 4.69) is 0 Å². The third-order valence-corrected chi connectivity index (χ3v) is 19.1. The third-order valence-electron chi connectivity index (χ3n) is 6.00. The zero-order chi connectivity index (χ0) is 37.7. The highest BCUT2D eigenvalue weighted by Gasteiger charge is 2.54. The van der Waals surface area contributed by atoms with Crippen LogP contribution in [0.1, 0.15) is 149 Å². The van der Waals surface area contributed by atoms with Crippen molar-refractivity contribution >= 4 is 30.4 Å². The summed E-state index contributed by atoms with van der Waals surface area (Å²) in [4.78, 5) is 0. The number of hydrogen-bond acceptors (Lipinski definition) is 12. The van der Waals surface area contributed by atoms with Crippen molar-refractivity contribution in [3.8, 4) is 0 Å². The minimum absolute atomic E-state index is 0.188. The molecule has 0 rings (SSSR count). The highest BCUT2D eigenvalue weighted by Crippen LogP contribution is 2.74. The molecule has 0 fully saturated rings. The lowest BCUT2D eigenvalue weighted by Gasteiger charge is -2.35. The van der Waals surface area contributed by atoms with Crippen LogP contribution >= 0.6 is 30.4 Å². The van der Waals surface area contributed by atoms with Crippen molar-refractivity contribution in [3.05, 3.63) is 0 Å². The van der Waals surface area contributed by atoms with Gasteiger partial charge in [-0.15, -0.1) is 0 Å². The lowest BCUT2D eigenvalue weighted by atomic mass is 10.1. The summed E-state index contributed by atoms with van der Waals surface area (Å²) in [6.07, 6.45) is -1.14. The second-order valence-electron chi connectivity index (χ2n) is 14.3. The van der Waals surface area contributed by atoms with Crippen molar-refractivity contribution in [1.82, 2.24) is 0 Å². The van der Waals surface area contributed by atoms with E-state index < -0.39 is 90.0 Å². The molecule has 0 aromatic carbocycles. The van der Waals surface area contributed by atoms with Crippen molar-refractivity contribution in [1.29, 1.82) is 0 Å². The standard InChI is InChI=1S/C32H70O12P4/c1-23(2)37-45(33,38-24(3)4)31(46(34,39-25(5)6)40-26(7)8)21-19-17-18-20-22-32(47(35,41-27(9)10)42-28(11)12)48(36,43-29(13)14)44-30(15)16/h23-32H,17-22H2,1-16H3. The zero-order valence-electron chi connectivity index (χ0n) is 32.7. The van der Waals surface area contributed by atoms with E-state index in [1.807, 2.05) is 0 Å². The average Bonchev–Trinajstić information content (AvgIpc) is 2.80. The van der Waals surface area contributed by atoms with Crippen LogP contribution in [0.25, 0.3) is 0 Å². The van der Waals surface area contributed by atoms with Gasteiger partial charge in [-0.3, -0.25) is 18.3 Å². The maximum absolute atomic E-state index is 14.4. The molecule has 0 heterocycles. The van der Waals surface area contributed by atoms with Crippen LogP contribution in [0.2, 0.25) is 0 Å². The van der Waals surface area contributed by atoms with Crippen LogP contribution in [0, 0.1) is 0 Å². The van der Waals surface area contributed by atoms with Gasteiger partial charge in [0.2, 0.25) is 0 Å². The van der Waals surface area contributed by atoms with Gasteiger partial charge < -0.3 is 36.2 Å². The highest BCUT2D eigenvalue weighted by molar-refractivity contribution is 7.73. The van der Waals surface area contributed by atoms with E-state index in [9.17, 15) is 18.3 Å². The predicted octanol–water partition coefficient (Wildman–Crippen LogP) is 12.2. The summed E-state index contributed by atoms with van der Waals surface area (Å²) in [5.41, 5.74) is 0.